The van der Waals surface area contributed by atoms with Crippen LogP contribution in [-0.2, 0) is 5.88 Å². The zero-order chi connectivity index (χ0) is 10.7. The van der Waals surface area contributed by atoms with E-state index in [4.69, 9.17) is 11.6 Å². The lowest BCUT2D eigenvalue weighted by Crippen LogP contribution is -2.02. The van der Waals surface area contributed by atoms with E-state index in [1.807, 2.05) is 0 Å². The van der Waals surface area contributed by atoms with Crippen molar-refractivity contribution in [3.05, 3.63) is 28.8 Å². The SMILES string of the molecule is O=Cc1cc(C(F)F)nc(CCl)c1F. The highest BCUT2D eigenvalue weighted by Gasteiger charge is 2.16. The standard InChI is InChI=1S/C8H5ClF3NO/c9-2-6-7(10)4(3-14)1-5(13-6)8(11)12/h1,3,8H,2H2. The van der Waals surface area contributed by atoms with Crippen molar-refractivity contribution in [2.45, 2.75) is 12.3 Å². The summed E-state index contributed by atoms with van der Waals surface area (Å²) in [4.78, 5) is 13.6. The Kier molecular flexibility index (Phi) is 3.46. The third-order valence-electron chi connectivity index (χ3n) is 1.55. The lowest BCUT2D eigenvalue weighted by Gasteiger charge is -2.04. The van der Waals surface area contributed by atoms with E-state index in [0.29, 0.717) is 6.07 Å². The van der Waals surface area contributed by atoms with Gasteiger partial charge in [-0.25, -0.2) is 18.2 Å². The molecular weight excluding hydrogens is 219 g/mol. The van der Waals surface area contributed by atoms with Crippen molar-refractivity contribution in [1.29, 1.82) is 0 Å². The van der Waals surface area contributed by atoms with Crippen LogP contribution in [0.15, 0.2) is 6.07 Å². The fraction of sp³-hybridized carbons (Fsp3) is 0.250. The Morgan fingerprint density at radius 3 is 2.64 bits per heavy atom. The van der Waals surface area contributed by atoms with Crippen LogP contribution in [0, 0.1) is 5.82 Å². The molecule has 0 aliphatic rings. The van der Waals surface area contributed by atoms with E-state index in [0.717, 1.165) is 0 Å². The number of aldehydes is 1. The summed E-state index contributed by atoms with van der Waals surface area (Å²) in [6.45, 7) is 0. The summed E-state index contributed by atoms with van der Waals surface area (Å²) in [6.07, 6.45) is -2.70. The number of hydrogen-bond donors (Lipinski definition) is 0. The summed E-state index contributed by atoms with van der Waals surface area (Å²) in [7, 11) is 0. The molecule has 0 unspecified atom stereocenters. The van der Waals surface area contributed by atoms with Crippen molar-refractivity contribution in [3.63, 3.8) is 0 Å². The Morgan fingerprint density at radius 1 is 1.57 bits per heavy atom. The molecule has 0 fully saturated rings. The van der Waals surface area contributed by atoms with Crippen LogP contribution < -0.4 is 0 Å². The fourth-order valence-corrected chi connectivity index (χ4v) is 1.09. The number of pyridine rings is 1. The van der Waals surface area contributed by atoms with E-state index in [-0.39, 0.29) is 17.9 Å². The number of rotatable bonds is 3. The van der Waals surface area contributed by atoms with Gasteiger partial charge < -0.3 is 0 Å². The average molecular weight is 224 g/mol. The van der Waals surface area contributed by atoms with Crippen LogP contribution in [0.4, 0.5) is 13.2 Å². The summed E-state index contributed by atoms with van der Waals surface area (Å²) in [5.41, 5.74) is -1.44. The minimum Gasteiger partial charge on any atom is -0.298 e. The van der Waals surface area contributed by atoms with Crippen molar-refractivity contribution >= 4 is 17.9 Å². The molecule has 0 aliphatic heterocycles. The van der Waals surface area contributed by atoms with Crippen LogP contribution in [-0.4, -0.2) is 11.3 Å². The molecule has 6 heteroatoms. The van der Waals surface area contributed by atoms with Crippen LogP contribution in [0.5, 0.6) is 0 Å². The van der Waals surface area contributed by atoms with Gasteiger partial charge in [0.25, 0.3) is 6.43 Å². The number of nitrogens with zero attached hydrogens (tertiary/aromatic N) is 1. The van der Waals surface area contributed by atoms with E-state index < -0.39 is 23.5 Å². The van der Waals surface area contributed by atoms with Crippen molar-refractivity contribution in [2.24, 2.45) is 0 Å². The maximum atomic E-state index is 13.1. The number of carbonyl (C=O) groups excluding carboxylic acids is 1. The molecule has 1 rings (SSSR count). The zero-order valence-corrected chi connectivity index (χ0v) is 7.56. The first-order chi connectivity index (χ1) is 6.60. The maximum Gasteiger partial charge on any atom is 0.280 e. The van der Waals surface area contributed by atoms with Gasteiger partial charge in [0.05, 0.1) is 17.1 Å². The Morgan fingerprint density at radius 2 is 2.21 bits per heavy atom. The maximum absolute atomic E-state index is 13.1. The van der Waals surface area contributed by atoms with E-state index in [2.05, 4.69) is 4.98 Å². The van der Waals surface area contributed by atoms with Gasteiger partial charge in [-0.1, -0.05) is 0 Å². The third kappa shape index (κ3) is 2.04. The highest BCUT2D eigenvalue weighted by molar-refractivity contribution is 6.16. The predicted molar refractivity (Wildman–Crippen MR) is 44.1 cm³/mol. The minimum absolute atomic E-state index is 0.152. The smallest absolute Gasteiger partial charge is 0.280 e. The highest BCUT2D eigenvalue weighted by Crippen LogP contribution is 2.21. The molecule has 0 bridgehead atoms. The quantitative estimate of drug-likeness (QED) is 0.583. The second-order valence-corrected chi connectivity index (χ2v) is 2.72. The summed E-state index contributed by atoms with van der Waals surface area (Å²) >= 11 is 5.27. The van der Waals surface area contributed by atoms with Gasteiger partial charge in [-0.3, -0.25) is 4.79 Å². The van der Waals surface area contributed by atoms with Gasteiger partial charge in [-0.15, -0.1) is 11.6 Å². The number of alkyl halides is 3. The van der Waals surface area contributed by atoms with Crippen LogP contribution in [0.3, 0.4) is 0 Å². The van der Waals surface area contributed by atoms with Gasteiger partial charge in [-0.05, 0) is 6.07 Å². The van der Waals surface area contributed by atoms with Crippen molar-refractivity contribution in [3.8, 4) is 0 Å². The fourth-order valence-electron chi connectivity index (χ4n) is 0.913. The number of aromatic nitrogens is 1. The second-order valence-electron chi connectivity index (χ2n) is 2.45. The first-order valence-corrected chi connectivity index (χ1v) is 4.12. The van der Waals surface area contributed by atoms with Gasteiger partial charge in [0, 0.05) is 0 Å². The first kappa shape index (κ1) is 11.0. The molecule has 1 aromatic rings. The summed E-state index contributed by atoms with van der Waals surface area (Å²) in [5, 5.41) is 0. The topological polar surface area (TPSA) is 30.0 Å². The molecule has 0 amide bonds. The van der Waals surface area contributed by atoms with E-state index >= 15 is 0 Å². The van der Waals surface area contributed by atoms with Gasteiger partial charge in [0.2, 0.25) is 0 Å². The van der Waals surface area contributed by atoms with E-state index in [9.17, 15) is 18.0 Å². The molecule has 14 heavy (non-hydrogen) atoms. The molecule has 1 heterocycles. The average Bonchev–Trinajstić information content (AvgIpc) is 2.17. The molecule has 0 aliphatic carbocycles. The Hall–Kier alpha value is -1.10. The van der Waals surface area contributed by atoms with Gasteiger partial charge in [-0.2, -0.15) is 0 Å². The van der Waals surface area contributed by atoms with Crippen LogP contribution in [0.25, 0.3) is 0 Å². The lowest BCUT2D eigenvalue weighted by atomic mass is 10.2. The molecular formula is C8H5ClF3NO. The summed E-state index contributed by atoms with van der Waals surface area (Å²) in [6, 6.07) is 0.711. The summed E-state index contributed by atoms with van der Waals surface area (Å²) < 4.78 is 37.5. The van der Waals surface area contributed by atoms with Crippen molar-refractivity contribution < 1.29 is 18.0 Å². The Labute approximate surface area is 82.7 Å². The number of hydrogen-bond acceptors (Lipinski definition) is 2. The molecule has 0 atom stereocenters. The molecule has 76 valence electrons. The van der Waals surface area contributed by atoms with E-state index in [1.165, 1.54) is 0 Å². The molecule has 0 spiro atoms. The normalized spacial score (nSPS) is 10.6. The van der Waals surface area contributed by atoms with Crippen LogP contribution >= 0.6 is 11.6 Å². The molecule has 0 N–H and O–H groups in total. The van der Waals surface area contributed by atoms with E-state index in [1.54, 1.807) is 0 Å². The minimum atomic E-state index is -2.85. The van der Waals surface area contributed by atoms with Crippen LogP contribution in [0.1, 0.15) is 28.2 Å². The van der Waals surface area contributed by atoms with Crippen molar-refractivity contribution in [2.75, 3.05) is 0 Å². The third-order valence-corrected chi connectivity index (χ3v) is 1.80. The van der Waals surface area contributed by atoms with Gasteiger partial charge in [0.15, 0.2) is 12.1 Å². The number of halogens is 4. The lowest BCUT2D eigenvalue weighted by molar-refractivity contribution is 0.111. The molecule has 0 aromatic carbocycles. The largest absolute Gasteiger partial charge is 0.298 e. The predicted octanol–water partition coefficient (Wildman–Crippen LogP) is 2.71. The monoisotopic (exact) mass is 223 g/mol. The molecule has 1 aromatic heterocycles. The van der Waals surface area contributed by atoms with Crippen LogP contribution in [0.2, 0.25) is 0 Å². The Balaban J connectivity index is 3.31. The Bertz CT molecular complexity index is 357. The first-order valence-electron chi connectivity index (χ1n) is 3.58. The summed E-state index contributed by atoms with van der Waals surface area (Å²) in [5.74, 6) is -1.30. The highest BCUT2D eigenvalue weighted by atomic mass is 35.5. The van der Waals surface area contributed by atoms with Crippen molar-refractivity contribution in [1.82, 2.24) is 4.98 Å². The number of carbonyl (C=O) groups is 1. The van der Waals surface area contributed by atoms with Gasteiger partial charge >= 0.3 is 0 Å². The second kappa shape index (κ2) is 4.41. The molecule has 2 nitrogen and oxygen atoms in total. The molecule has 0 saturated heterocycles. The molecule has 0 saturated carbocycles. The zero-order valence-electron chi connectivity index (χ0n) is 6.81. The molecule has 0 radical (unpaired) electrons. The van der Waals surface area contributed by atoms with Gasteiger partial charge in [0.1, 0.15) is 5.69 Å².